The molecule has 0 unspecified atom stereocenters. The molecule has 26 heavy (non-hydrogen) atoms. The van der Waals surface area contributed by atoms with E-state index in [0.717, 1.165) is 16.7 Å². The summed E-state index contributed by atoms with van der Waals surface area (Å²) in [4.78, 5) is 14.0. The van der Waals surface area contributed by atoms with Gasteiger partial charge in [-0.1, -0.05) is 83.9 Å². The van der Waals surface area contributed by atoms with Crippen LogP contribution >= 0.6 is 23.2 Å². The topological polar surface area (TPSA) is 38.7 Å². The lowest BCUT2D eigenvalue weighted by atomic mass is 10.1. The van der Waals surface area contributed by atoms with E-state index in [-0.39, 0.29) is 0 Å². The van der Waals surface area contributed by atoms with Crippen LogP contribution in [0.25, 0.3) is 34.2 Å². The first-order chi connectivity index (χ1) is 12.7. The molecular weight excluding hydrogens is 365 g/mol. The van der Waals surface area contributed by atoms with Gasteiger partial charge in [-0.25, -0.2) is 15.0 Å². The third-order valence-electron chi connectivity index (χ3n) is 3.88. The Morgan fingerprint density at radius 2 is 0.923 bits per heavy atom. The summed E-state index contributed by atoms with van der Waals surface area (Å²) in [6.07, 6.45) is 0. The predicted octanol–water partition coefficient (Wildman–Crippen LogP) is 6.18. The predicted molar refractivity (Wildman–Crippen MR) is 106 cm³/mol. The fourth-order valence-electron chi connectivity index (χ4n) is 2.57. The van der Waals surface area contributed by atoms with Gasteiger partial charge >= 0.3 is 0 Å². The summed E-state index contributed by atoms with van der Waals surface area (Å²) in [7, 11) is 0. The molecule has 1 aromatic heterocycles. The van der Waals surface area contributed by atoms with Crippen LogP contribution in [0.15, 0.2) is 78.9 Å². The van der Waals surface area contributed by atoms with E-state index in [0.29, 0.717) is 27.5 Å². The van der Waals surface area contributed by atoms with Gasteiger partial charge in [-0.2, -0.15) is 0 Å². The maximum absolute atomic E-state index is 6.17. The van der Waals surface area contributed by atoms with Crippen LogP contribution in [0.4, 0.5) is 0 Å². The van der Waals surface area contributed by atoms with Crippen LogP contribution in [-0.4, -0.2) is 15.0 Å². The molecule has 4 aromatic rings. The zero-order valence-electron chi connectivity index (χ0n) is 13.6. The highest BCUT2D eigenvalue weighted by molar-refractivity contribution is 6.42. The summed E-state index contributed by atoms with van der Waals surface area (Å²) < 4.78 is 0. The second-order valence-corrected chi connectivity index (χ2v) is 6.48. The molecule has 3 nitrogen and oxygen atoms in total. The molecule has 0 spiro atoms. The molecule has 0 aliphatic carbocycles. The number of halogens is 2. The number of aromatic nitrogens is 3. The largest absolute Gasteiger partial charge is 0.208 e. The second-order valence-electron chi connectivity index (χ2n) is 5.67. The van der Waals surface area contributed by atoms with Gasteiger partial charge in [-0.15, -0.1) is 0 Å². The Balaban J connectivity index is 1.92. The SMILES string of the molecule is Clc1ccc(-c2nc(-c3ccccc3)nc(-c3ccccc3)n2)cc1Cl. The van der Waals surface area contributed by atoms with E-state index in [1.807, 2.05) is 66.7 Å². The maximum Gasteiger partial charge on any atom is 0.164 e. The molecule has 0 aliphatic rings. The lowest BCUT2D eigenvalue weighted by Crippen LogP contribution is -2.00. The number of nitrogens with zero attached hydrogens (tertiary/aromatic N) is 3. The Hall–Kier alpha value is -2.75. The molecule has 0 N–H and O–H groups in total. The molecule has 4 rings (SSSR count). The van der Waals surface area contributed by atoms with Gasteiger partial charge in [0.15, 0.2) is 17.5 Å². The molecular formula is C21H13Cl2N3. The molecule has 0 radical (unpaired) electrons. The van der Waals surface area contributed by atoms with Crippen LogP contribution in [0.5, 0.6) is 0 Å². The third-order valence-corrected chi connectivity index (χ3v) is 4.62. The quantitative estimate of drug-likeness (QED) is 0.427. The summed E-state index contributed by atoms with van der Waals surface area (Å²) in [5.41, 5.74) is 2.64. The molecule has 0 amide bonds. The minimum Gasteiger partial charge on any atom is -0.208 e. The van der Waals surface area contributed by atoms with Gasteiger partial charge in [0, 0.05) is 16.7 Å². The summed E-state index contributed by atoms with van der Waals surface area (Å²) >= 11 is 12.2. The lowest BCUT2D eigenvalue weighted by Gasteiger charge is -2.08. The van der Waals surface area contributed by atoms with Crippen molar-refractivity contribution in [3.63, 3.8) is 0 Å². The van der Waals surface area contributed by atoms with E-state index in [1.54, 1.807) is 12.1 Å². The molecule has 1 heterocycles. The highest BCUT2D eigenvalue weighted by atomic mass is 35.5. The van der Waals surface area contributed by atoms with E-state index >= 15 is 0 Å². The van der Waals surface area contributed by atoms with Crippen molar-refractivity contribution in [1.29, 1.82) is 0 Å². The van der Waals surface area contributed by atoms with Crippen LogP contribution in [-0.2, 0) is 0 Å². The minimum absolute atomic E-state index is 0.465. The summed E-state index contributed by atoms with van der Waals surface area (Å²) in [6.45, 7) is 0. The lowest BCUT2D eigenvalue weighted by molar-refractivity contribution is 1.07. The number of hydrogen-bond donors (Lipinski definition) is 0. The molecule has 0 aliphatic heterocycles. The van der Waals surface area contributed by atoms with Gasteiger partial charge in [0.25, 0.3) is 0 Å². The van der Waals surface area contributed by atoms with Gasteiger partial charge in [0.1, 0.15) is 0 Å². The Bertz CT molecular complexity index is 994. The normalized spacial score (nSPS) is 10.7. The molecule has 0 atom stereocenters. The van der Waals surface area contributed by atoms with Crippen LogP contribution in [0, 0.1) is 0 Å². The van der Waals surface area contributed by atoms with Crippen molar-refractivity contribution < 1.29 is 0 Å². The smallest absolute Gasteiger partial charge is 0.164 e. The first-order valence-electron chi connectivity index (χ1n) is 8.03. The Labute approximate surface area is 161 Å². The average Bonchev–Trinajstić information content (AvgIpc) is 2.71. The van der Waals surface area contributed by atoms with Crippen molar-refractivity contribution in [1.82, 2.24) is 15.0 Å². The van der Waals surface area contributed by atoms with E-state index in [1.165, 1.54) is 0 Å². The van der Waals surface area contributed by atoms with E-state index in [9.17, 15) is 0 Å². The van der Waals surface area contributed by atoms with Crippen molar-refractivity contribution in [3.8, 4) is 34.2 Å². The standard InChI is InChI=1S/C21H13Cl2N3/c22-17-12-11-16(13-18(17)23)21-25-19(14-7-3-1-4-8-14)24-20(26-21)15-9-5-2-6-10-15/h1-13H. The van der Waals surface area contributed by atoms with Gasteiger partial charge in [0.05, 0.1) is 10.0 Å². The highest BCUT2D eigenvalue weighted by Crippen LogP contribution is 2.29. The van der Waals surface area contributed by atoms with Gasteiger partial charge in [-0.3, -0.25) is 0 Å². The molecule has 5 heteroatoms. The third kappa shape index (κ3) is 3.45. The van der Waals surface area contributed by atoms with Crippen molar-refractivity contribution in [2.75, 3.05) is 0 Å². The molecule has 0 saturated heterocycles. The Kier molecular flexibility index (Phi) is 4.65. The van der Waals surface area contributed by atoms with Crippen LogP contribution < -0.4 is 0 Å². The molecule has 0 saturated carbocycles. The average molecular weight is 378 g/mol. The van der Waals surface area contributed by atoms with Gasteiger partial charge in [0.2, 0.25) is 0 Å². The van der Waals surface area contributed by atoms with E-state index in [4.69, 9.17) is 23.2 Å². The van der Waals surface area contributed by atoms with Crippen molar-refractivity contribution in [2.24, 2.45) is 0 Å². The minimum atomic E-state index is 0.465. The first kappa shape index (κ1) is 16.7. The first-order valence-corrected chi connectivity index (χ1v) is 8.78. The number of benzene rings is 3. The zero-order valence-corrected chi connectivity index (χ0v) is 15.1. The van der Waals surface area contributed by atoms with Crippen LogP contribution in [0.1, 0.15) is 0 Å². The molecule has 126 valence electrons. The number of hydrogen-bond acceptors (Lipinski definition) is 3. The monoisotopic (exact) mass is 377 g/mol. The van der Waals surface area contributed by atoms with Gasteiger partial charge < -0.3 is 0 Å². The molecule has 0 bridgehead atoms. The zero-order chi connectivity index (χ0) is 17.9. The van der Waals surface area contributed by atoms with E-state index < -0.39 is 0 Å². The Morgan fingerprint density at radius 1 is 0.462 bits per heavy atom. The molecule has 3 aromatic carbocycles. The van der Waals surface area contributed by atoms with E-state index in [2.05, 4.69) is 15.0 Å². The van der Waals surface area contributed by atoms with Gasteiger partial charge in [-0.05, 0) is 18.2 Å². The summed E-state index contributed by atoms with van der Waals surface area (Å²) in [5, 5.41) is 0.961. The van der Waals surface area contributed by atoms with Crippen LogP contribution in [0.3, 0.4) is 0 Å². The van der Waals surface area contributed by atoms with Crippen molar-refractivity contribution >= 4 is 23.2 Å². The second kappa shape index (κ2) is 7.24. The fraction of sp³-hybridized carbons (Fsp3) is 0. The number of rotatable bonds is 3. The fourth-order valence-corrected chi connectivity index (χ4v) is 2.87. The van der Waals surface area contributed by atoms with Crippen molar-refractivity contribution in [3.05, 3.63) is 88.9 Å². The Morgan fingerprint density at radius 3 is 1.38 bits per heavy atom. The van der Waals surface area contributed by atoms with Crippen LogP contribution in [0.2, 0.25) is 10.0 Å². The van der Waals surface area contributed by atoms with Crippen molar-refractivity contribution in [2.45, 2.75) is 0 Å². The summed E-state index contributed by atoms with van der Waals surface area (Å²) in [6, 6.07) is 25.0. The maximum atomic E-state index is 6.17. The molecule has 0 fully saturated rings. The summed E-state index contributed by atoms with van der Waals surface area (Å²) in [5.74, 6) is 1.78. The highest BCUT2D eigenvalue weighted by Gasteiger charge is 2.12.